The quantitative estimate of drug-likeness (QED) is 0.168. The molecule has 1 unspecified atom stereocenters. The number of nitrogens with one attached hydrogen (secondary N) is 1. The van der Waals surface area contributed by atoms with Crippen LogP contribution in [0.5, 0.6) is 0 Å². The molecule has 0 aliphatic heterocycles. The van der Waals surface area contributed by atoms with E-state index in [-0.39, 0.29) is 12.5 Å². The highest BCUT2D eigenvalue weighted by molar-refractivity contribution is 7.85. The van der Waals surface area contributed by atoms with Crippen molar-refractivity contribution in [3.8, 4) is 0 Å². The van der Waals surface area contributed by atoms with Crippen LogP contribution >= 0.6 is 0 Å². The number of carbonyl (C=O) groups excluding carboxylic acids is 1. The molecule has 0 saturated carbocycles. The van der Waals surface area contributed by atoms with Gasteiger partial charge in [-0.05, 0) is 6.42 Å². The van der Waals surface area contributed by atoms with Gasteiger partial charge in [0.2, 0.25) is 5.91 Å². The van der Waals surface area contributed by atoms with Crippen LogP contribution < -0.4 is 5.32 Å². The number of hydrogen-bond donors (Lipinski definition) is 2. The van der Waals surface area contributed by atoms with E-state index in [0.29, 0.717) is 24.0 Å². The number of nitrogens with zero attached hydrogens (tertiary/aromatic N) is 1. The van der Waals surface area contributed by atoms with Crippen molar-refractivity contribution in [1.82, 2.24) is 5.32 Å². The topological polar surface area (TPSA) is 107 Å². The Morgan fingerprint density at radius 2 is 1.43 bits per heavy atom. The van der Waals surface area contributed by atoms with Gasteiger partial charge >= 0.3 is 0 Å². The molecule has 0 aromatic carbocycles. The highest BCUT2D eigenvalue weighted by Crippen LogP contribution is 2.12. The van der Waals surface area contributed by atoms with Gasteiger partial charge in [-0.3, -0.25) is 4.79 Å². The summed E-state index contributed by atoms with van der Waals surface area (Å²) in [6.45, 7) is 3.67. The maximum absolute atomic E-state index is 11.9. The van der Waals surface area contributed by atoms with Crippen molar-refractivity contribution in [2.45, 2.75) is 96.5 Å². The molecule has 0 spiro atoms. The summed E-state index contributed by atoms with van der Waals surface area (Å²) in [6, 6.07) is 0. The largest absolute Gasteiger partial charge is 0.748 e. The van der Waals surface area contributed by atoms with Crippen LogP contribution in [0.3, 0.4) is 0 Å². The molecule has 0 aliphatic carbocycles. The van der Waals surface area contributed by atoms with Crippen molar-refractivity contribution in [3.05, 3.63) is 0 Å². The van der Waals surface area contributed by atoms with Crippen LogP contribution in [0.4, 0.5) is 0 Å². The van der Waals surface area contributed by atoms with Gasteiger partial charge in [0.1, 0.15) is 12.6 Å². The summed E-state index contributed by atoms with van der Waals surface area (Å²) in [5.41, 5.74) is 0. The maximum Gasteiger partial charge on any atom is 0.219 e. The van der Waals surface area contributed by atoms with Gasteiger partial charge in [0.15, 0.2) is 0 Å². The molecule has 0 heterocycles. The second-order valence-electron chi connectivity index (χ2n) is 9.21. The fraction of sp³-hybridized carbons (Fsp3) is 0.955. The number of likely N-dealkylation sites (N-methyl/N-ethyl adjacent to an activating group) is 1. The molecule has 0 rings (SSSR count). The van der Waals surface area contributed by atoms with E-state index in [9.17, 15) is 22.9 Å². The van der Waals surface area contributed by atoms with Gasteiger partial charge in [0.25, 0.3) is 0 Å². The van der Waals surface area contributed by atoms with E-state index in [0.717, 1.165) is 19.3 Å². The number of aliphatic hydroxyl groups excluding tert-OH is 1. The molecule has 30 heavy (non-hydrogen) atoms. The van der Waals surface area contributed by atoms with Crippen LogP contribution in [0.25, 0.3) is 0 Å². The molecule has 0 aromatic rings. The predicted molar refractivity (Wildman–Crippen MR) is 121 cm³/mol. The van der Waals surface area contributed by atoms with Gasteiger partial charge in [-0.25, -0.2) is 8.42 Å². The highest BCUT2D eigenvalue weighted by Gasteiger charge is 2.21. The molecule has 1 atom stereocenters. The Hall–Kier alpha value is -0.700. The second-order valence-corrected chi connectivity index (χ2v) is 10.7. The number of aliphatic hydroxyl groups is 1. The number of unbranched alkanes of at least 4 members (excludes halogenated alkanes) is 10. The summed E-state index contributed by atoms with van der Waals surface area (Å²) in [6.07, 6.45) is 14.0. The lowest BCUT2D eigenvalue weighted by molar-refractivity contribution is -0.893. The van der Waals surface area contributed by atoms with Crippen molar-refractivity contribution in [3.63, 3.8) is 0 Å². The fourth-order valence-corrected chi connectivity index (χ4v) is 4.30. The minimum absolute atomic E-state index is 0.0775. The molecule has 7 nitrogen and oxygen atoms in total. The zero-order valence-corrected chi connectivity index (χ0v) is 20.4. The van der Waals surface area contributed by atoms with Crippen molar-refractivity contribution in [2.24, 2.45) is 0 Å². The van der Waals surface area contributed by atoms with Crippen LogP contribution in [-0.4, -0.2) is 74.1 Å². The summed E-state index contributed by atoms with van der Waals surface area (Å²) in [5.74, 6) is -0.682. The van der Waals surface area contributed by atoms with E-state index >= 15 is 0 Å². The fourth-order valence-electron chi connectivity index (χ4n) is 3.72. The third-order valence-electron chi connectivity index (χ3n) is 5.37. The van der Waals surface area contributed by atoms with Crippen molar-refractivity contribution in [1.29, 1.82) is 0 Å². The van der Waals surface area contributed by atoms with E-state index in [2.05, 4.69) is 12.2 Å². The molecule has 0 radical (unpaired) electrons. The molecule has 0 fully saturated rings. The summed E-state index contributed by atoms with van der Waals surface area (Å²) >= 11 is 0. The molecule has 8 heteroatoms. The van der Waals surface area contributed by atoms with Crippen molar-refractivity contribution >= 4 is 16.0 Å². The Balaban J connectivity index is 3.60. The number of hydrogen-bond acceptors (Lipinski definition) is 5. The summed E-state index contributed by atoms with van der Waals surface area (Å²) in [4.78, 5) is 11.9. The van der Waals surface area contributed by atoms with E-state index in [1.54, 1.807) is 0 Å². The lowest BCUT2D eigenvalue weighted by atomic mass is 10.1. The number of quaternary nitrogens is 1. The summed E-state index contributed by atoms with van der Waals surface area (Å²) in [5, 5.41) is 12.7. The van der Waals surface area contributed by atoms with Gasteiger partial charge in [-0.1, -0.05) is 71.1 Å². The zero-order chi connectivity index (χ0) is 22.9. The molecular weight excluding hydrogens is 404 g/mol. The molecule has 0 bridgehead atoms. The summed E-state index contributed by atoms with van der Waals surface area (Å²) < 4.78 is 32.5. The van der Waals surface area contributed by atoms with Gasteiger partial charge < -0.3 is 19.5 Å². The average molecular weight is 451 g/mol. The Bertz CT molecular complexity index is 538. The molecular formula is C22H46N2O5S. The third kappa shape index (κ3) is 20.6. The predicted octanol–water partition coefficient (Wildman–Crippen LogP) is 3.18. The summed E-state index contributed by atoms with van der Waals surface area (Å²) in [7, 11) is -0.684. The zero-order valence-electron chi connectivity index (χ0n) is 19.5. The normalized spacial score (nSPS) is 13.4. The van der Waals surface area contributed by atoms with E-state index in [4.69, 9.17) is 0 Å². The Morgan fingerprint density at radius 3 is 1.93 bits per heavy atom. The molecule has 0 saturated heterocycles. The van der Waals surface area contributed by atoms with Crippen LogP contribution in [0.1, 0.15) is 90.4 Å². The Kier molecular flexibility index (Phi) is 16.5. The van der Waals surface area contributed by atoms with Gasteiger partial charge in [-0.2, -0.15) is 0 Å². The van der Waals surface area contributed by atoms with Crippen LogP contribution in [0.15, 0.2) is 0 Å². The van der Waals surface area contributed by atoms with E-state index in [1.807, 2.05) is 14.1 Å². The molecule has 0 aliphatic rings. The van der Waals surface area contributed by atoms with E-state index < -0.39 is 22.0 Å². The molecule has 2 N–H and O–H groups in total. The Morgan fingerprint density at radius 1 is 0.933 bits per heavy atom. The standard InChI is InChI=1S/C22H46N2O5S/c1-4-5-6-7-8-9-10-11-12-13-14-16-22(26)23-17-15-18-24(2,3)19-21(25)20-30(27,28)29/h21,25H,4-20H2,1-3H3,(H-,23,26,27,28,29). The molecule has 180 valence electrons. The first-order valence-electron chi connectivity index (χ1n) is 11.8. The van der Waals surface area contributed by atoms with Gasteiger partial charge in [0.05, 0.1) is 36.5 Å². The van der Waals surface area contributed by atoms with Gasteiger partial charge in [0, 0.05) is 19.4 Å². The lowest BCUT2D eigenvalue weighted by Crippen LogP contribution is -2.48. The smallest absolute Gasteiger partial charge is 0.219 e. The first-order valence-corrected chi connectivity index (χ1v) is 13.3. The Labute approximate surface area is 185 Å². The maximum atomic E-state index is 11.9. The second kappa shape index (κ2) is 16.9. The lowest BCUT2D eigenvalue weighted by Gasteiger charge is -2.32. The SMILES string of the molecule is CCCCCCCCCCCCCC(=O)NCCC[N+](C)(C)CC(O)CS(=O)(=O)[O-]. The van der Waals surface area contributed by atoms with Gasteiger partial charge in [-0.15, -0.1) is 0 Å². The first kappa shape index (κ1) is 29.3. The van der Waals surface area contributed by atoms with Crippen molar-refractivity contribution in [2.75, 3.05) is 39.5 Å². The number of amides is 1. The van der Waals surface area contributed by atoms with E-state index in [1.165, 1.54) is 57.8 Å². The number of rotatable bonds is 20. The van der Waals surface area contributed by atoms with Crippen molar-refractivity contribution < 1.29 is 27.4 Å². The minimum Gasteiger partial charge on any atom is -0.748 e. The number of carbonyl (C=O) groups is 1. The van der Waals surface area contributed by atoms with Crippen LogP contribution in [0.2, 0.25) is 0 Å². The van der Waals surface area contributed by atoms with Crippen LogP contribution in [-0.2, 0) is 14.9 Å². The molecule has 1 amide bonds. The average Bonchev–Trinajstić information content (AvgIpc) is 2.61. The minimum atomic E-state index is -4.42. The highest BCUT2D eigenvalue weighted by atomic mass is 32.2. The van der Waals surface area contributed by atoms with Crippen LogP contribution in [0, 0.1) is 0 Å². The first-order chi connectivity index (χ1) is 14.1. The third-order valence-corrected chi connectivity index (χ3v) is 6.16. The molecule has 0 aromatic heterocycles. The monoisotopic (exact) mass is 450 g/mol.